The van der Waals surface area contributed by atoms with Crippen molar-refractivity contribution in [3.8, 4) is 11.6 Å². The molecule has 1 aromatic carbocycles. The summed E-state index contributed by atoms with van der Waals surface area (Å²) in [4.78, 5) is 18.3. The zero-order valence-electron chi connectivity index (χ0n) is 10.3. The van der Waals surface area contributed by atoms with Gasteiger partial charge in [-0.1, -0.05) is 0 Å². The molecular formula is C12H10IN3O3. The van der Waals surface area contributed by atoms with Crippen molar-refractivity contribution in [2.45, 2.75) is 13.8 Å². The average molecular weight is 371 g/mol. The van der Waals surface area contributed by atoms with Gasteiger partial charge in [0.15, 0.2) is 0 Å². The first kappa shape index (κ1) is 13.7. The Bertz CT molecular complexity index is 646. The fourth-order valence-electron chi connectivity index (χ4n) is 1.56. The molecule has 0 spiro atoms. The van der Waals surface area contributed by atoms with Crippen LogP contribution in [0.5, 0.6) is 11.6 Å². The van der Waals surface area contributed by atoms with Crippen molar-refractivity contribution in [2.75, 3.05) is 0 Å². The second-order valence-electron chi connectivity index (χ2n) is 3.94. The van der Waals surface area contributed by atoms with Gasteiger partial charge in [0.05, 0.1) is 8.49 Å². The fraction of sp³-hybridized carbons (Fsp3) is 0.167. The van der Waals surface area contributed by atoms with E-state index in [0.717, 1.165) is 3.57 Å². The molecule has 98 valence electrons. The van der Waals surface area contributed by atoms with Crippen LogP contribution >= 0.6 is 22.6 Å². The van der Waals surface area contributed by atoms with Gasteiger partial charge in [-0.3, -0.25) is 10.1 Å². The first-order chi connectivity index (χ1) is 8.99. The number of rotatable bonds is 3. The summed E-state index contributed by atoms with van der Waals surface area (Å²) < 4.78 is 6.45. The van der Waals surface area contributed by atoms with Gasteiger partial charge in [0.25, 0.3) is 5.69 Å². The summed E-state index contributed by atoms with van der Waals surface area (Å²) in [5.41, 5.74) is 1.32. The van der Waals surface area contributed by atoms with Gasteiger partial charge in [0.1, 0.15) is 12.1 Å². The van der Waals surface area contributed by atoms with E-state index in [1.807, 2.05) is 0 Å². The number of ether oxygens (including phenoxy) is 1. The highest BCUT2D eigenvalue weighted by atomic mass is 127. The molecule has 6 nitrogen and oxygen atoms in total. The Morgan fingerprint density at radius 3 is 2.68 bits per heavy atom. The predicted octanol–water partition coefficient (Wildman–Crippen LogP) is 3.40. The van der Waals surface area contributed by atoms with Crippen LogP contribution in [0.2, 0.25) is 0 Å². The summed E-state index contributed by atoms with van der Waals surface area (Å²) in [6.45, 7) is 3.44. The Morgan fingerprint density at radius 2 is 2.05 bits per heavy atom. The van der Waals surface area contributed by atoms with Gasteiger partial charge in [-0.2, -0.15) is 0 Å². The van der Waals surface area contributed by atoms with E-state index in [4.69, 9.17) is 4.74 Å². The molecule has 0 aliphatic rings. The number of hydrogen-bond donors (Lipinski definition) is 0. The molecule has 0 atom stereocenters. The highest BCUT2D eigenvalue weighted by Gasteiger charge is 2.15. The van der Waals surface area contributed by atoms with Crippen LogP contribution in [0.15, 0.2) is 24.7 Å². The average Bonchev–Trinajstić information content (AvgIpc) is 2.35. The molecule has 0 amide bonds. The molecule has 2 aromatic rings. The Balaban J connectivity index is 2.39. The lowest BCUT2D eigenvalue weighted by Gasteiger charge is -2.09. The van der Waals surface area contributed by atoms with Crippen molar-refractivity contribution in [1.29, 1.82) is 0 Å². The third-order valence-corrected chi connectivity index (χ3v) is 3.27. The summed E-state index contributed by atoms with van der Waals surface area (Å²) in [5.74, 6) is 0.992. The Kier molecular flexibility index (Phi) is 3.93. The van der Waals surface area contributed by atoms with Crippen molar-refractivity contribution >= 4 is 28.3 Å². The van der Waals surface area contributed by atoms with E-state index in [1.165, 1.54) is 12.4 Å². The normalized spacial score (nSPS) is 10.3. The van der Waals surface area contributed by atoms with E-state index >= 15 is 0 Å². The van der Waals surface area contributed by atoms with Gasteiger partial charge in [-0.05, 0) is 48.1 Å². The molecule has 0 saturated heterocycles. The van der Waals surface area contributed by atoms with E-state index < -0.39 is 4.92 Å². The Labute approximate surface area is 123 Å². The molecule has 0 fully saturated rings. The number of benzene rings is 1. The molecule has 1 aromatic heterocycles. The summed E-state index contributed by atoms with van der Waals surface area (Å²) in [5, 5.41) is 10.8. The lowest BCUT2D eigenvalue weighted by molar-refractivity contribution is -0.385. The molecule has 1 heterocycles. The molecule has 0 saturated carbocycles. The van der Waals surface area contributed by atoms with Crippen molar-refractivity contribution in [3.05, 3.63) is 49.5 Å². The zero-order chi connectivity index (χ0) is 14.0. The van der Waals surface area contributed by atoms with Crippen LogP contribution in [-0.4, -0.2) is 14.9 Å². The minimum Gasteiger partial charge on any atom is -0.438 e. The van der Waals surface area contributed by atoms with Crippen molar-refractivity contribution < 1.29 is 9.66 Å². The topological polar surface area (TPSA) is 78.2 Å². The van der Waals surface area contributed by atoms with Crippen LogP contribution in [0.4, 0.5) is 5.69 Å². The summed E-state index contributed by atoms with van der Waals surface area (Å²) in [6.07, 6.45) is 3.03. The SMILES string of the molecule is Cc1cc([N+](=O)[O-])c(C)cc1Oc1ncncc1I. The van der Waals surface area contributed by atoms with Gasteiger partial charge < -0.3 is 4.74 Å². The molecule has 0 N–H and O–H groups in total. The van der Waals surface area contributed by atoms with Crippen LogP contribution in [0, 0.1) is 27.5 Å². The van der Waals surface area contributed by atoms with Crippen LogP contribution in [0.25, 0.3) is 0 Å². The molecular weight excluding hydrogens is 361 g/mol. The monoisotopic (exact) mass is 371 g/mol. The third kappa shape index (κ3) is 2.98. The molecule has 7 heteroatoms. The molecule has 0 aliphatic heterocycles. The molecule has 0 aliphatic carbocycles. The van der Waals surface area contributed by atoms with Gasteiger partial charge in [0.2, 0.25) is 5.88 Å². The maximum atomic E-state index is 10.8. The zero-order valence-corrected chi connectivity index (χ0v) is 12.4. The minimum absolute atomic E-state index is 0.0854. The summed E-state index contributed by atoms with van der Waals surface area (Å²) in [7, 11) is 0. The summed E-state index contributed by atoms with van der Waals surface area (Å²) in [6, 6.07) is 3.14. The summed E-state index contributed by atoms with van der Waals surface area (Å²) >= 11 is 2.07. The number of halogens is 1. The largest absolute Gasteiger partial charge is 0.438 e. The second kappa shape index (κ2) is 5.47. The highest BCUT2D eigenvalue weighted by molar-refractivity contribution is 14.1. The van der Waals surface area contributed by atoms with E-state index in [2.05, 4.69) is 32.6 Å². The lowest BCUT2D eigenvalue weighted by Crippen LogP contribution is -1.97. The highest BCUT2D eigenvalue weighted by Crippen LogP contribution is 2.31. The van der Waals surface area contributed by atoms with E-state index in [0.29, 0.717) is 22.8 Å². The van der Waals surface area contributed by atoms with E-state index in [-0.39, 0.29) is 5.69 Å². The van der Waals surface area contributed by atoms with Gasteiger partial charge in [0, 0.05) is 17.8 Å². The minimum atomic E-state index is -0.402. The smallest absolute Gasteiger partial charge is 0.272 e. The van der Waals surface area contributed by atoms with E-state index in [1.54, 1.807) is 26.1 Å². The Hall–Kier alpha value is -1.77. The van der Waals surface area contributed by atoms with E-state index in [9.17, 15) is 10.1 Å². The van der Waals surface area contributed by atoms with Gasteiger partial charge >= 0.3 is 0 Å². The quantitative estimate of drug-likeness (QED) is 0.470. The van der Waals surface area contributed by atoms with Crippen molar-refractivity contribution in [2.24, 2.45) is 0 Å². The number of nitro groups is 1. The molecule has 2 rings (SSSR count). The number of aryl methyl sites for hydroxylation is 2. The van der Waals surface area contributed by atoms with Crippen molar-refractivity contribution in [1.82, 2.24) is 9.97 Å². The van der Waals surface area contributed by atoms with Gasteiger partial charge in [-0.25, -0.2) is 9.97 Å². The first-order valence-electron chi connectivity index (χ1n) is 5.38. The van der Waals surface area contributed by atoms with Crippen LogP contribution in [0.3, 0.4) is 0 Å². The first-order valence-corrected chi connectivity index (χ1v) is 6.46. The number of nitrogens with zero attached hydrogens (tertiary/aromatic N) is 3. The van der Waals surface area contributed by atoms with Gasteiger partial charge in [-0.15, -0.1) is 0 Å². The number of aromatic nitrogens is 2. The number of hydrogen-bond acceptors (Lipinski definition) is 5. The predicted molar refractivity (Wildman–Crippen MR) is 77.4 cm³/mol. The molecule has 19 heavy (non-hydrogen) atoms. The maximum absolute atomic E-state index is 10.8. The number of nitro benzene ring substituents is 1. The Morgan fingerprint density at radius 1 is 1.32 bits per heavy atom. The fourth-order valence-corrected chi connectivity index (χ4v) is 1.97. The molecule has 0 bridgehead atoms. The van der Waals surface area contributed by atoms with Crippen LogP contribution < -0.4 is 4.74 Å². The standard InChI is InChI=1S/C12H10IN3O3/c1-7-4-11(8(2)3-10(7)16(17)18)19-12-9(13)5-14-6-15-12/h3-6H,1-2H3. The van der Waals surface area contributed by atoms with Crippen LogP contribution in [0.1, 0.15) is 11.1 Å². The lowest BCUT2D eigenvalue weighted by atomic mass is 10.1. The molecule has 0 radical (unpaired) electrons. The third-order valence-electron chi connectivity index (χ3n) is 2.53. The maximum Gasteiger partial charge on any atom is 0.272 e. The molecule has 0 unspecified atom stereocenters. The van der Waals surface area contributed by atoms with Crippen molar-refractivity contribution in [3.63, 3.8) is 0 Å². The second-order valence-corrected chi connectivity index (χ2v) is 5.10. The van der Waals surface area contributed by atoms with Crippen LogP contribution in [-0.2, 0) is 0 Å².